The maximum Gasteiger partial charge on any atom is 0.275 e. The third kappa shape index (κ3) is 3.59. The number of rotatable bonds is 2. The molecular weight excluding hydrogens is 216 g/mol. The number of carbonyl (C=O) groups is 1. The summed E-state index contributed by atoms with van der Waals surface area (Å²) in [6.07, 6.45) is 0. The average molecular weight is 234 g/mol. The number of phenols is 1. The Labute approximate surface area is 101 Å². The molecule has 0 heterocycles. The van der Waals surface area contributed by atoms with Gasteiger partial charge in [0.1, 0.15) is 5.75 Å². The number of nitrogens with one attached hydrogen (secondary N) is 1. The van der Waals surface area contributed by atoms with E-state index in [2.05, 4.69) is 10.5 Å². The van der Waals surface area contributed by atoms with Crippen molar-refractivity contribution in [3.8, 4) is 5.75 Å². The molecule has 1 aromatic carbocycles. The third-order valence-corrected chi connectivity index (χ3v) is 2.56. The van der Waals surface area contributed by atoms with E-state index in [9.17, 15) is 9.90 Å². The first-order valence-corrected chi connectivity index (χ1v) is 5.45. The lowest BCUT2D eigenvalue weighted by atomic mass is 9.91. The summed E-state index contributed by atoms with van der Waals surface area (Å²) < 4.78 is 0. The summed E-state index contributed by atoms with van der Waals surface area (Å²) in [4.78, 5) is 11.7. The summed E-state index contributed by atoms with van der Waals surface area (Å²) in [5.41, 5.74) is 3.38. The molecule has 0 radical (unpaired) electrons. The van der Waals surface area contributed by atoms with Gasteiger partial charge >= 0.3 is 0 Å². The number of para-hydroxylation sites is 1. The van der Waals surface area contributed by atoms with Gasteiger partial charge in [-0.05, 0) is 19.1 Å². The smallest absolute Gasteiger partial charge is 0.275 e. The number of nitrogens with zero attached hydrogens (tertiary/aromatic N) is 1. The molecule has 0 aliphatic carbocycles. The zero-order valence-corrected chi connectivity index (χ0v) is 10.6. The number of aromatic hydroxyl groups is 1. The van der Waals surface area contributed by atoms with Gasteiger partial charge in [-0.2, -0.15) is 5.10 Å². The number of benzene rings is 1. The number of hydrogen-bond donors (Lipinski definition) is 2. The van der Waals surface area contributed by atoms with Crippen LogP contribution in [0.15, 0.2) is 29.4 Å². The van der Waals surface area contributed by atoms with Crippen LogP contribution in [0.3, 0.4) is 0 Å². The van der Waals surface area contributed by atoms with Crippen molar-refractivity contribution in [3.05, 3.63) is 29.8 Å². The van der Waals surface area contributed by atoms with E-state index in [4.69, 9.17) is 0 Å². The fourth-order valence-corrected chi connectivity index (χ4v) is 1.03. The molecule has 0 spiro atoms. The molecule has 4 heteroatoms. The Kier molecular flexibility index (Phi) is 3.89. The molecule has 17 heavy (non-hydrogen) atoms. The van der Waals surface area contributed by atoms with Gasteiger partial charge in [0.25, 0.3) is 5.91 Å². The minimum absolute atomic E-state index is 0.0476. The van der Waals surface area contributed by atoms with Crippen molar-refractivity contribution in [2.75, 3.05) is 0 Å². The van der Waals surface area contributed by atoms with Crippen LogP contribution in [0.25, 0.3) is 0 Å². The monoisotopic (exact) mass is 234 g/mol. The van der Waals surface area contributed by atoms with Crippen LogP contribution >= 0.6 is 0 Å². The molecule has 0 saturated heterocycles. The molecule has 0 saturated carbocycles. The minimum Gasteiger partial charge on any atom is -0.507 e. The molecule has 4 nitrogen and oxygen atoms in total. The first-order valence-electron chi connectivity index (χ1n) is 5.45. The fraction of sp³-hybridized carbons (Fsp3) is 0.385. The summed E-state index contributed by atoms with van der Waals surface area (Å²) in [5.74, 6) is -0.458. The summed E-state index contributed by atoms with van der Waals surface area (Å²) in [7, 11) is 0. The Morgan fingerprint density at radius 2 is 1.88 bits per heavy atom. The van der Waals surface area contributed by atoms with Crippen LogP contribution in [-0.2, 0) is 0 Å². The second-order valence-corrected chi connectivity index (χ2v) is 4.91. The highest BCUT2D eigenvalue weighted by atomic mass is 16.3. The van der Waals surface area contributed by atoms with Crippen molar-refractivity contribution >= 4 is 11.6 Å². The normalized spacial score (nSPS) is 12.4. The Morgan fingerprint density at radius 1 is 1.29 bits per heavy atom. The zero-order chi connectivity index (χ0) is 13.1. The van der Waals surface area contributed by atoms with Crippen LogP contribution in [-0.4, -0.2) is 16.7 Å². The van der Waals surface area contributed by atoms with E-state index in [0.29, 0.717) is 0 Å². The molecule has 0 aliphatic rings. The fourth-order valence-electron chi connectivity index (χ4n) is 1.03. The summed E-state index contributed by atoms with van der Waals surface area (Å²) in [6.45, 7) is 7.89. The number of amides is 1. The predicted molar refractivity (Wildman–Crippen MR) is 68.1 cm³/mol. The molecule has 1 amide bonds. The van der Waals surface area contributed by atoms with E-state index < -0.39 is 5.91 Å². The molecule has 0 unspecified atom stereocenters. The highest BCUT2D eigenvalue weighted by Crippen LogP contribution is 2.16. The molecule has 2 N–H and O–H groups in total. The van der Waals surface area contributed by atoms with Crippen molar-refractivity contribution < 1.29 is 9.90 Å². The first-order chi connectivity index (χ1) is 7.82. The highest BCUT2D eigenvalue weighted by Gasteiger charge is 2.15. The van der Waals surface area contributed by atoms with Gasteiger partial charge in [-0.3, -0.25) is 4.79 Å². The van der Waals surface area contributed by atoms with Crippen LogP contribution in [0.1, 0.15) is 38.1 Å². The van der Waals surface area contributed by atoms with E-state index in [0.717, 1.165) is 5.71 Å². The highest BCUT2D eigenvalue weighted by molar-refractivity contribution is 5.97. The van der Waals surface area contributed by atoms with Gasteiger partial charge in [0.2, 0.25) is 0 Å². The summed E-state index contributed by atoms with van der Waals surface area (Å²) in [5, 5.41) is 13.5. The van der Waals surface area contributed by atoms with Crippen LogP contribution in [0.4, 0.5) is 0 Å². The number of carbonyl (C=O) groups excluding carboxylic acids is 1. The van der Waals surface area contributed by atoms with Crippen LogP contribution in [0.5, 0.6) is 5.75 Å². The second kappa shape index (κ2) is 4.99. The summed E-state index contributed by atoms with van der Waals surface area (Å²) in [6, 6.07) is 6.37. The van der Waals surface area contributed by atoms with Crippen molar-refractivity contribution in [3.63, 3.8) is 0 Å². The molecular formula is C13H18N2O2. The van der Waals surface area contributed by atoms with Crippen molar-refractivity contribution in [2.24, 2.45) is 10.5 Å². The van der Waals surface area contributed by atoms with E-state index in [-0.39, 0.29) is 16.7 Å². The van der Waals surface area contributed by atoms with Crippen molar-refractivity contribution in [2.45, 2.75) is 27.7 Å². The zero-order valence-electron chi connectivity index (χ0n) is 10.6. The van der Waals surface area contributed by atoms with Gasteiger partial charge in [-0.25, -0.2) is 5.43 Å². The Balaban J connectivity index is 2.79. The topological polar surface area (TPSA) is 61.7 Å². The third-order valence-electron chi connectivity index (χ3n) is 2.56. The number of hydrazone groups is 1. The van der Waals surface area contributed by atoms with Gasteiger partial charge < -0.3 is 5.11 Å². The lowest BCUT2D eigenvalue weighted by Gasteiger charge is -2.17. The van der Waals surface area contributed by atoms with E-state index in [1.54, 1.807) is 18.2 Å². The molecule has 1 aromatic rings. The first kappa shape index (κ1) is 13.2. The largest absolute Gasteiger partial charge is 0.507 e. The van der Waals surface area contributed by atoms with Crippen molar-refractivity contribution in [1.29, 1.82) is 0 Å². The molecule has 0 atom stereocenters. The lowest BCUT2D eigenvalue weighted by Crippen LogP contribution is -2.24. The van der Waals surface area contributed by atoms with Gasteiger partial charge in [-0.15, -0.1) is 0 Å². The van der Waals surface area contributed by atoms with E-state index in [1.807, 2.05) is 27.7 Å². The maximum atomic E-state index is 11.7. The van der Waals surface area contributed by atoms with Gasteiger partial charge in [0.05, 0.1) is 5.56 Å². The van der Waals surface area contributed by atoms with Gasteiger partial charge in [0.15, 0.2) is 0 Å². The molecule has 0 aromatic heterocycles. The standard InChI is InChI=1S/C13H18N2O2/c1-9(13(2,3)4)14-15-12(17)10-7-5-6-8-11(10)16/h5-8,16H,1-4H3,(H,15,17). The Morgan fingerprint density at radius 3 is 2.41 bits per heavy atom. The molecule has 0 bridgehead atoms. The molecule has 1 rings (SSSR count). The Hall–Kier alpha value is -1.84. The quantitative estimate of drug-likeness (QED) is 0.610. The predicted octanol–water partition coefficient (Wildman–Crippen LogP) is 2.54. The average Bonchev–Trinajstić information content (AvgIpc) is 2.24. The van der Waals surface area contributed by atoms with Gasteiger partial charge in [-0.1, -0.05) is 32.9 Å². The van der Waals surface area contributed by atoms with Crippen LogP contribution in [0.2, 0.25) is 0 Å². The lowest BCUT2D eigenvalue weighted by molar-refractivity contribution is 0.0952. The van der Waals surface area contributed by atoms with E-state index in [1.165, 1.54) is 6.07 Å². The Bertz CT molecular complexity index is 445. The molecule has 0 aliphatic heterocycles. The molecule has 92 valence electrons. The SMILES string of the molecule is CC(=NNC(=O)c1ccccc1O)C(C)(C)C. The maximum absolute atomic E-state index is 11.7. The van der Waals surface area contributed by atoms with Crippen molar-refractivity contribution in [1.82, 2.24) is 5.43 Å². The minimum atomic E-state index is -0.410. The van der Waals surface area contributed by atoms with Crippen LogP contribution in [0, 0.1) is 5.41 Å². The summed E-state index contributed by atoms with van der Waals surface area (Å²) >= 11 is 0. The number of hydrogen-bond acceptors (Lipinski definition) is 3. The molecule has 0 fully saturated rings. The second-order valence-electron chi connectivity index (χ2n) is 4.91. The van der Waals surface area contributed by atoms with E-state index >= 15 is 0 Å². The van der Waals surface area contributed by atoms with Crippen LogP contribution < -0.4 is 5.43 Å². The number of phenolic OH excluding ortho intramolecular Hbond substituents is 1. The van der Waals surface area contributed by atoms with Gasteiger partial charge in [0, 0.05) is 11.1 Å².